The summed E-state index contributed by atoms with van der Waals surface area (Å²) in [6.07, 6.45) is -4.58. The van der Waals surface area contributed by atoms with Crippen molar-refractivity contribution in [2.75, 3.05) is 18.9 Å². The Morgan fingerprint density at radius 2 is 1.97 bits per heavy atom. The maximum Gasteiger partial charge on any atom is 0.481 e. The summed E-state index contributed by atoms with van der Waals surface area (Å²) in [5.74, 6) is -0.223. The summed E-state index contributed by atoms with van der Waals surface area (Å²) in [5.41, 5.74) is 5.38. The van der Waals surface area contributed by atoms with Crippen molar-refractivity contribution in [2.24, 2.45) is 0 Å². The largest absolute Gasteiger partial charge is 0.481 e. The fourth-order valence-electron chi connectivity index (χ4n) is 2.91. The van der Waals surface area contributed by atoms with Crippen LogP contribution in [0.25, 0.3) is 11.2 Å². The van der Waals surface area contributed by atoms with E-state index in [0.717, 1.165) is 10.9 Å². The fraction of sp³-hybridized carbons (Fsp3) is 0.533. The fourth-order valence-corrected chi connectivity index (χ4v) is 4.98. The second kappa shape index (κ2) is 9.72. The third-order valence-electron chi connectivity index (χ3n) is 4.45. The maximum absolute atomic E-state index is 12.0. The van der Waals surface area contributed by atoms with Crippen molar-refractivity contribution in [1.29, 1.82) is 0 Å². The molecule has 184 valence electrons. The van der Waals surface area contributed by atoms with Crippen LogP contribution in [0.1, 0.15) is 19.6 Å². The van der Waals surface area contributed by atoms with E-state index in [9.17, 15) is 33.9 Å². The van der Waals surface area contributed by atoms with Crippen LogP contribution in [0, 0.1) is 0 Å². The number of aromatic amines is 1. The van der Waals surface area contributed by atoms with Gasteiger partial charge in [-0.3, -0.25) is 23.4 Å². The van der Waals surface area contributed by atoms with Crippen molar-refractivity contribution in [1.82, 2.24) is 19.5 Å². The Morgan fingerprint density at radius 1 is 1.30 bits per heavy atom. The Morgan fingerprint density at radius 3 is 2.64 bits per heavy atom. The van der Waals surface area contributed by atoms with Crippen LogP contribution in [0.5, 0.6) is 0 Å². The molecule has 0 aromatic carbocycles. The van der Waals surface area contributed by atoms with Gasteiger partial charge in [-0.1, -0.05) is 5.57 Å². The minimum absolute atomic E-state index is 0.0432. The van der Waals surface area contributed by atoms with E-state index in [-0.39, 0.29) is 30.1 Å². The number of imidazole rings is 1. The number of anilines is 1. The number of phosphoric acid groups is 2. The molecular weight excluding hydrogens is 488 g/mol. The molecule has 1 saturated heterocycles. The number of nitrogens with zero attached hydrogens (tertiary/aromatic N) is 3. The number of aliphatic hydroxyl groups is 2. The van der Waals surface area contributed by atoms with Crippen LogP contribution >= 0.6 is 15.6 Å². The number of phosphoric ester groups is 2. The van der Waals surface area contributed by atoms with Crippen LogP contribution in [0.15, 0.2) is 23.3 Å². The van der Waals surface area contributed by atoms with Gasteiger partial charge in [-0.05, 0) is 13.3 Å². The van der Waals surface area contributed by atoms with Gasteiger partial charge < -0.3 is 30.5 Å². The molecule has 0 bridgehead atoms. The van der Waals surface area contributed by atoms with Crippen molar-refractivity contribution < 1.29 is 47.2 Å². The van der Waals surface area contributed by atoms with E-state index in [2.05, 4.69) is 34.9 Å². The van der Waals surface area contributed by atoms with Gasteiger partial charge in [0.15, 0.2) is 17.4 Å². The van der Waals surface area contributed by atoms with Crippen LogP contribution in [-0.4, -0.2) is 71.0 Å². The first-order chi connectivity index (χ1) is 15.3. The van der Waals surface area contributed by atoms with E-state index < -0.39 is 52.4 Å². The zero-order valence-electron chi connectivity index (χ0n) is 17.2. The maximum atomic E-state index is 12.0. The summed E-state index contributed by atoms with van der Waals surface area (Å²) >= 11 is 0. The lowest BCUT2D eigenvalue weighted by atomic mass is 10.1. The van der Waals surface area contributed by atoms with Crippen LogP contribution in [-0.2, 0) is 27.2 Å². The number of fused-ring (bicyclic) bond motifs is 1. The Labute approximate surface area is 185 Å². The van der Waals surface area contributed by atoms with Crippen LogP contribution in [0.2, 0.25) is 0 Å². The molecule has 18 heteroatoms. The Kier molecular flexibility index (Phi) is 7.55. The molecule has 3 rings (SSSR count). The number of rotatable bonds is 10. The van der Waals surface area contributed by atoms with Crippen molar-refractivity contribution in [3.63, 3.8) is 0 Å². The number of H-pyrrole nitrogens is 1. The summed E-state index contributed by atoms with van der Waals surface area (Å²) in [7, 11) is -10.1. The van der Waals surface area contributed by atoms with Crippen LogP contribution in [0.4, 0.5) is 5.95 Å². The molecule has 0 aliphatic carbocycles. The molecule has 2 aromatic rings. The van der Waals surface area contributed by atoms with E-state index in [1.54, 1.807) is 6.92 Å². The second-order valence-corrected chi connectivity index (χ2v) is 10.2. The molecule has 6 atom stereocenters. The summed E-state index contributed by atoms with van der Waals surface area (Å²) in [4.78, 5) is 41.2. The van der Waals surface area contributed by atoms with Gasteiger partial charge in [-0.2, -0.15) is 9.29 Å². The molecule has 0 radical (unpaired) electrons. The zero-order chi connectivity index (χ0) is 24.6. The van der Waals surface area contributed by atoms with Crippen LogP contribution in [0.3, 0.4) is 0 Å². The molecule has 16 nitrogen and oxygen atoms in total. The van der Waals surface area contributed by atoms with E-state index >= 15 is 0 Å². The summed E-state index contributed by atoms with van der Waals surface area (Å²) in [5, 5.41) is 20.6. The molecule has 2 unspecified atom stereocenters. The molecule has 33 heavy (non-hydrogen) atoms. The Balaban J connectivity index is 1.66. The average Bonchev–Trinajstić information content (AvgIpc) is 3.21. The van der Waals surface area contributed by atoms with Gasteiger partial charge in [0.2, 0.25) is 5.95 Å². The summed E-state index contributed by atoms with van der Waals surface area (Å²) in [6.45, 7) is 4.11. The monoisotopic (exact) mass is 511 g/mol. The highest BCUT2D eigenvalue weighted by molar-refractivity contribution is 7.61. The van der Waals surface area contributed by atoms with E-state index in [1.165, 1.54) is 0 Å². The number of nitrogens with two attached hydrogens (primary N) is 1. The molecule has 0 spiro atoms. The van der Waals surface area contributed by atoms with Crippen molar-refractivity contribution in [3.05, 3.63) is 28.8 Å². The molecule has 1 aliphatic rings. The molecule has 1 aliphatic heterocycles. The smallest absolute Gasteiger partial charge is 0.387 e. The van der Waals surface area contributed by atoms with Gasteiger partial charge in [0.1, 0.15) is 18.3 Å². The minimum Gasteiger partial charge on any atom is -0.387 e. The van der Waals surface area contributed by atoms with Crippen molar-refractivity contribution in [3.8, 4) is 0 Å². The number of hydrogen-bond donors (Lipinski definition) is 6. The number of hydrogen-bond acceptors (Lipinski definition) is 12. The first kappa shape index (κ1) is 25.6. The molecule has 7 N–H and O–H groups in total. The number of nitrogens with one attached hydrogen (secondary N) is 1. The standard InChI is InChI=1S/C15H23N5O11P2/c1-7(2)3-4-28-32(24,25)31-33(26,27)29-5-8-10(21)11(22)14(30-8)20-6-17-9-12(20)18-15(16)19-13(9)23/h6,8,10-11,14,21-22H,1,3-5H2,2H3,(H,24,25)(H,26,27)(H3,16,18,19,23)/t8-,10-,11-,14-/m1/s1. The Bertz CT molecular complexity index is 1180. The van der Waals surface area contributed by atoms with Crippen molar-refractivity contribution in [2.45, 2.75) is 37.9 Å². The van der Waals surface area contributed by atoms with Gasteiger partial charge in [0.05, 0.1) is 19.5 Å². The van der Waals surface area contributed by atoms with Gasteiger partial charge in [-0.25, -0.2) is 14.1 Å². The predicted molar refractivity (Wildman–Crippen MR) is 111 cm³/mol. The molecule has 3 heterocycles. The highest BCUT2D eigenvalue weighted by atomic mass is 31.3. The number of aromatic nitrogens is 4. The number of aliphatic hydroxyl groups excluding tert-OH is 2. The first-order valence-corrected chi connectivity index (χ1v) is 12.3. The second-order valence-electron chi connectivity index (χ2n) is 7.18. The molecule has 1 fully saturated rings. The SMILES string of the molecule is C=C(C)CCOP(=O)(O)OP(=O)(O)OC[C@H]1O[C@@H](n2cnc3c(=O)[nH]c(N)nc32)[C@H](O)[C@@H]1O. The highest BCUT2D eigenvalue weighted by Gasteiger charge is 2.46. The molecule has 2 aromatic heterocycles. The summed E-state index contributed by atoms with van der Waals surface area (Å²) in [6, 6.07) is 0. The lowest BCUT2D eigenvalue weighted by Crippen LogP contribution is -2.33. The number of nitrogen functional groups attached to an aromatic ring is 1. The quantitative estimate of drug-likeness (QED) is 0.175. The molecule has 0 saturated carbocycles. The molecule has 0 amide bonds. The third kappa shape index (κ3) is 6.13. The van der Waals surface area contributed by atoms with Gasteiger partial charge in [0.25, 0.3) is 5.56 Å². The van der Waals surface area contributed by atoms with E-state index in [1.807, 2.05) is 0 Å². The highest BCUT2D eigenvalue weighted by Crippen LogP contribution is 2.60. The Hall–Kier alpha value is -1.97. The first-order valence-electron chi connectivity index (χ1n) is 9.34. The van der Waals surface area contributed by atoms with Gasteiger partial charge in [-0.15, -0.1) is 6.58 Å². The normalized spacial score (nSPS) is 26.8. The van der Waals surface area contributed by atoms with E-state index in [0.29, 0.717) is 5.57 Å². The number of ether oxygens (including phenoxy) is 1. The lowest BCUT2D eigenvalue weighted by molar-refractivity contribution is -0.0504. The van der Waals surface area contributed by atoms with E-state index in [4.69, 9.17) is 10.5 Å². The summed E-state index contributed by atoms with van der Waals surface area (Å²) < 4.78 is 43.8. The predicted octanol–water partition coefficient (Wildman–Crippen LogP) is -0.462. The van der Waals surface area contributed by atoms with Gasteiger partial charge in [0, 0.05) is 0 Å². The topological polar surface area (TPSA) is 242 Å². The molecular formula is C15H23N5O11P2. The minimum atomic E-state index is -5.14. The van der Waals surface area contributed by atoms with Crippen LogP contribution < -0.4 is 11.3 Å². The zero-order valence-corrected chi connectivity index (χ0v) is 19.0. The third-order valence-corrected chi connectivity index (χ3v) is 7.09. The lowest BCUT2D eigenvalue weighted by Gasteiger charge is -2.19. The van der Waals surface area contributed by atoms with Gasteiger partial charge >= 0.3 is 15.6 Å². The van der Waals surface area contributed by atoms with Crippen molar-refractivity contribution >= 4 is 32.8 Å². The average molecular weight is 511 g/mol.